The van der Waals surface area contributed by atoms with Crippen molar-refractivity contribution >= 4 is 33.0 Å². The third-order valence-electron chi connectivity index (χ3n) is 4.81. The van der Waals surface area contributed by atoms with Crippen LogP contribution >= 0.6 is 22.9 Å². The highest BCUT2D eigenvalue weighted by Crippen LogP contribution is 2.40. The second-order valence-corrected chi connectivity index (χ2v) is 8.80. The first-order valence-electron chi connectivity index (χ1n) is 9.11. The zero-order valence-corrected chi connectivity index (χ0v) is 17.8. The summed E-state index contributed by atoms with van der Waals surface area (Å²) in [7, 11) is 1.74. The summed E-state index contributed by atoms with van der Waals surface area (Å²) in [6.45, 7) is 3.49. The Morgan fingerprint density at radius 3 is 2.48 bits per heavy atom. The second-order valence-electron chi connectivity index (χ2n) is 7.45. The standard InChI is InChI=1S/C23H20ClNO3S/c1-23(2,27)14-4-9-20(28-16-7-5-15(24)6-8-16)18(12-14)19-13-25(3)22(26)21-17(19)10-11-29-21/h4-13,27H,1-3H3. The maximum atomic E-state index is 12.5. The number of hydrogen-bond acceptors (Lipinski definition) is 4. The van der Waals surface area contributed by atoms with Crippen molar-refractivity contribution in [3.8, 4) is 22.6 Å². The Hall–Kier alpha value is -2.60. The van der Waals surface area contributed by atoms with Crippen LogP contribution in [-0.4, -0.2) is 9.67 Å². The number of benzene rings is 2. The van der Waals surface area contributed by atoms with Crippen LogP contribution in [0.25, 0.3) is 21.2 Å². The van der Waals surface area contributed by atoms with Crippen LogP contribution in [0.2, 0.25) is 5.02 Å². The molecule has 4 nitrogen and oxygen atoms in total. The predicted molar refractivity (Wildman–Crippen MR) is 119 cm³/mol. The molecule has 6 heteroatoms. The van der Waals surface area contributed by atoms with Crippen molar-refractivity contribution in [1.29, 1.82) is 0 Å². The fourth-order valence-electron chi connectivity index (χ4n) is 3.22. The van der Waals surface area contributed by atoms with Crippen LogP contribution in [0.5, 0.6) is 11.5 Å². The van der Waals surface area contributed by atoms with E-state index in [1.165, 1.54) is 11.3 Å². The number of aryl methyl sites for hydroxylation is 1. The van der Waals surface area contributed by atoms with Gasteiger partial charge in [0, 0.05) is 34.8 Å². The van der Waals surface area contributed by atoms with Crippen molar-refractivity contribution in [1.82, 2.24) is 4.57 Å². The number of nitrogens with zero attached hydrogens (tertiary/aromatic N) is 1. The molecule has 0 spiro atoms. The number of ether oxygens (including phenoxy) is 1. The van der Waals surface area contributed by atoms with E-state index in [0.717, 1.165) is 22.1 Å². The molecule has 0 saturated carbocycles. The van der Waals surface area contributed by atoms with E-state index in [1.54, 1.807) is 49.7 Å². The molecule has 0 radical (unpaired) electrons. The molecular weight excluding hydrogens is 406 g/mol. The van der Waals surface area contributed by atoms with Crippen molar-refractivity contribution < 1.29 is 9.84 Å². The van der Waals surface area contributed by atoms with Crippen LogP contribution in [0.1, 0.15) is 19.4 Å². The van der Waals surface area contributed by atoms with Gasteiger partial charge in [-0.15, -0.1) is 11.3 Å². The van der Waals surface area contributed by atoms with E-state index >= 15 is 0 Å². The van der Waals surface area contributed by atoms with Gasteiger partial charge in [0.05, 0.1) is 5.60 Å². The number of aromatic nitrogens is 1. The molecule has 0 aliphatic rings. The molecular formula is C23H20ClNO3S. The predicted octanol–water partition coefficient (Wildman–Crippen LogP) is 5.94. The summed E-state index contributed by atoms with van der Waals surface area (Å²) in [5, 5.41) is 13.9. The Bertz CT molecular complexity index is 1250. The summed E-state index contributed by atoms with van der Waals surface area (Å²) < 4.78 is 8.43. The van der Waals surface area contributed by atoms with Crippen LogP contribution in [0.3, 0.4) is 0 Å². The summed E-state index contributed by atoms with van der Waals surface area (Å²) >= 11 is 7.40. The van der Waals surface area contributed by atoms with Gasteiger partial charge in [0.25, 0.3) is 5.56 Å². The minimum Gasteiger partial charge on any atom is -0.457 e. The molecule has 148 valence electrons. The van der Waals surface area contributed by atoms with E-state index < -0.39 is 5.60 Å². The molecule has 0 atom stereocenters. The third kappa shape index (κ3) is 3.81. The lowest BCUT2D eigenvalue weighted by Gasteiger charge is -2.21. The molecule has 1 N–H and O–H groups in total. The topological polar surface area (TPSA) is 51.5 Å². The lowest BCUT2D eigenvalue weighted by molar-refractivity contribution is 0.0786. The molecule has 0 aliphatic carbocycles. The van der Waals surface area contributed by atoms with Gasteiger partial charge in [0.2, 0.25) is 0 Å². The Balaban J connectivity index is 1.95. The lowest BCUT2D eigenvalue weighted by atomic mass is 9.93. The molecule has 0 bridgehead atoms. The summed E-state index contributed by atoms with van der Waals surface area (Å²) in [4.78, 5) is 12.5. The van der Waals surface area contributed by atoms with E-state index in [2.05, 4.69) is 0 Å². The van der Waals surface area contributed by atoms with Crippen molar-refractivity contribution in [2.45, 2.75) is 19.4 Å². The molecule has 2 aromatic carbocycles. The van der Waals surface area contributed by atoms with Crippen LogP contribution in [0.15, 0.2) is 64.9 Å². The molecule has 2 heterocycles. The van der Waals surface area contributed by atoms with Gasteiger partial charge in [-0.25, -0.2) is 0 Å². The summed E-state index contributed by atoms with van der Waals surface area (Å²) in [5.74, 6) is 1.28. The fraction of sp³-hybridized carbons (Fsp3) is 0.174. The average molecular weight is 426 g/mol. The van der Waals surface area contributed by atoms with Crippen molar-refractivity contribution in [3.63, 3.8) is 0 Å². The number of fused-ring (bicyclic) bond motifs is 1. The zero-order chi connectivity index (χ0) is 20.8. The first-order valence-corrected chi connectivity index (χ1v) is 10.4. The quantitative estimate of drug-likeness (QED) is 0.440. The third-order valence-corrected chi connectivity index (χ3v) is 5.96. The Labute approximate surface area is 177 Å². The first kappa shape index (κ1) is 19.7. The van der Waals surface area contributed by atoms with Gasteiger partial charge in [0.1, 0.15) is 16.2 Å². The van der Waals surface area contributed by atoms with E-state index in [9.17, 15) is 9.90 Å². The number of thiophene rings is 1. The Morgan fingerprint density at radius 1 is 1.07 bits per heavy atom. The first-order chi connectivity index (χ1) is 13.7. The minimum absolute atomic E-state index is 0.0300. The van der Waals surface area contributed by atoms with E-state index in [1.807, 2.05) is 35.8 Å². The number of hydrogen-bond donors (Lipinski definition) is 1. The van der Waals surface area contributed by atoms with Gasteiger partial charge in [-0.05, 0) is 67.3 Å². The Kier molecular flexibility index (Phi) is 4.99. The second kappa shape index (κ2) is 7.34. The monoisotopic (exact) mass is 425 g/mol. The normalized spacial score (nSPS) is 11.8. The number of rotatable bonds is 4. The molecule has 2 aromatic heterocycles. The molecule has 29 heavy (non-hydrogen) atoms. The molecule has 4 rings (SSSR count). The highest BCUT2D eigenvalue weighted by atomic mass is 35.5. The SMILES string of the molecule is Cn1cc(-c2cc(C(C)(C)O)ccc2Oc2ccc(Cl)cc2)c2ccsc2c1=O. The van der Waals surface area contributed by atoms with Crippen LogP contribution in [0.4, 0.5) is 0 Å². The van der Waals surface area contributed by atoms with Gasteiger partial charge < -0.3 is 14.4 Å². The fourth-order valence-corrected chi connectivity index (χ4v) is 4.24. The Morgan fingerprint density at radius 2 is 1.79 bits per heavy atom. The van der Waals surface area contributed by atoms with Crippen LogP contribution in [-0.2, 0) is 12.6 Å². The van der Waals surface area contributed by atoms with Gasteiger partial charge in [0.15, 0.2) is 0 Å². The lowest BCUT2D eigenvalue weighted by Crippen LogP contribution is -2.16. The van der Waals surface area contributed by atoms with E-state index in [0.29, 0.717) is 21.2 Å². The molecule has 0 fully saturated rings. The van der Waals surface area contributed by atoms with E-state index in [-0.39, 0.29) is 5.56 Å². The summed E-state index contributed by atoms with van der Waals surface area (Å²) in [5.41, 5.74) is 1.39. The van der Waals surface area contributed by atoms with Crippen molar-refractivity contribution in [2.75, 3.05) is 0 Å². The maximum Gasteiger partial charge on any atom is 0.268 e. The molecule has 0 amide bonds. The highest BCUT2D eigenvalue weighted by molar-refractivity contribution is 7.17. The van der Waals surface area contributed by atoms with Gasteiger partial charge in [-0.2, -0.15) is 0 Å². The van der Waals surface area contributed by atoms with Gasteiger partial charge in [-0.1, -0.05) is 17.7 Å². The summed E-state index contributed by atoms with van der Waals surface area (Å²) in [6, 6.07) is 14.7. The smallest absolute Gasteiger partial charge is 0.268 e. The van der Waals surface area contributed by atoms with Crippen LogP contribution in [0, 0.1) is 0 Å². The number of halogens is 1. The molecule has 4 aromatic rings. The van der Waals surface area contributed by atoms with Crippen LogP contribution < -0.4 is 10.3 Å². The average Bonchev–Trinajstić information content (AvgIpc) is 3.16. The number of pyridine rings is 1. The maximum absolute atomic E-state index is 12.5. The van der Waals surface area contributed by atoms with Gasteiger partial charge in [-0.3, -0.25) is 4.79 Å². The summed E-state index contributed by atoms with van der Waals surface area (Å²) in [6.07, 6.45) is 1.82. The van der Waals surface area contributed by atoms with E-state index in [4.69, 9.17) is 16.3 Å². The molecule has 0 unspecified atom stereocenters. The number of aliphatic hydroxyl groups is 1. The van der Waals surface area contributed by atoms with Crippen molar-refractivity contribution in [2.24, 2.45) is 7.05 Å². The molecule has 0 aliphatic heterocycles. The largest absolute Gasteiger partial charge is 0.457 e. The minimum atomic E-state index is -1.01. The zero-order valence-electron chi connectivity index (χ0n) is 16.3. The van der Waals surface area contributed by atoms with Gasteiger partial charge >= 0.3 is 0 Å². The molecule has 0 saturated heterocycles. The highest BCUT2D eigenvalue weighted by Gasteiger charge is 2.21. The van der Waals surface area contributed by atoms with Crippen molar-refractivity contribution in [3.05, 3.63) is 81.0 Å².